The van der Waals surface area contributed by atoms with Gasteiger partial charge in [-0.2, -0.15) is 0 Å². The second kappa shape index (κ2) is 5.25. The molecule has 90 valence electrons. The van der Waals surface area contributed by atoms with Crippen LogP contribution in [0.3, 0.4) is 0 Å². The Hall–Kier alpha value is -0.450. The number of rotatable bonds is 4. The van der Waals surface area contributed by atoms with Gasteiger partial charge in [0.15, 0.2) is 0 Å². The Morgan fingerprint density at radius 3 is 3.00 bits per heavy atom. The van der Waals surface area contributed by atoms with Crippen LogP contribution >= 0.6 is 11.3 Å². The van der Waals surface area contributed by atoms with Crippen LogP contribution in [0, 0.1) is 0 Å². The molecule has 0 bridgehead atoms. The summed E-state index contributed by atoms with van der Waals surface area (Å²) >= 11 is 1.89. The molecule has 2 rings (SSSR count). The third-order valence-electron chi connectivity index (χ3n) is 3.13. The van der Waals surface area contributed by atoms with Gasteiger partial charge in [-0.15, -0.1) is 11.3 Å². The molecule has 16 heavy (non-hydrogen) atoms. The number of hydrogen-bond donors (Lipinski definition) is 1. The third kappa shape index (κ3) is 2.62. The molecule has 1 aliphatic heterocycles. The van der Waals surface area contributed by atoms with Gasteiger partial charge in [0.1, 0.15) is 0 Å². The van der Waals surface area contributed by atoms with Crippen LogP contribution in [0.1, 0.15) is 35.8 Å². The van der Waals surface area contributed by atoms with Crippen molar-refractivity contribution in [3.8, 4) is 0 Å². The highest BCUT2D eigenvalue weighted by Crippen LogP contribution is 2.26. The minimum absolute atomic E-state index is 0.641. The first-order chi connectivity index (χ1) is 7.70. The van der Waals surface area contributed by atoms with Crippen LogP contribution in [0.5, 0.6) is 0 Å². The number of nitrogens with two attached hydrogens (primary N) is 1. The molecule has 0 saturated heterocycles. The van der Waals surface area contributed by atoms with Crippen LogP contribution in [0.25, 0.3) is 0 Å². The van der Waals surface area contributed by atoms with Gasteiger partial charge >= 0.3 is 0 Å². The van der Waals surface area contributed by atoms with E-state index in [0.29, 0.717) is 6.04 Å². The zero-order valence-electron chi connectivity index (χ0n) is 10.2. The lowest BCUT2D eigenvalue weighted by Gasteiger charge is -2.29. The highest BCUT2D eigenvalue weighted by Gasteiger charge is 2.21. The Labute approximate surface area is 102 Å². The molecule has 0 atom stereocenters. The molecule has 2 N–H and O–H groups in total. The van der Waals surface area contributed by atoms with Crippen LogP contribution in [-0.2, 0) is 19.4 Å². The standard InChI is InChI=1S/C12H21N3S/c1-9(2)15-7-5-10-11(8-15)16-12(14-10)4-3-6-13/h9H,3-8,13H2,1-2H3. The van der Waals surface area contributed by atoms with E-state index in [0.717, 1.165) is 38.9 Å². The summed E-state index contributed by atoms with van der Waals surface area (Å²) in [7, 11) is 0. The second-order valence-corrected chi connectivity index (χ2v) is 5.85. The SMILES string of the molecule is CC(C)N1CCc2nc(CCCN)sc2C1. The average molecular weight is 239 g/mol. The van der Waals surface area contributed by atoms with Gasteiger partial charge < -0.3 is 5.73 Å². The maximum atomic E-state index is 5.53. The molecule has 0 aromatic carbocycles. The Kier molecular flexibility index (Phi) is 3.95. The molecule has 0 unspecified atom stereocenters. The second-order valence-electron chi connectivity index (χ2n) is 4.68. The summed E-state index contributed by atoms with van der Waals surface area (Å²) in [5, 5.41) is 1.28. The Bertz CT molecular complexity index is 346. The van der Waals surface area contributed by atoms with E-state index in [9.17, 15) is 0 Å². The molecule has 1 aromatic rings. The maximum Gasteiger partial charge on any atom is 0.0932 e. The van der Waals surface area contributed by atoms with Crippen LogP contribution < -0.4 is 5.73 Å². The minimum atomic E-state index is 0.641. The monoisotopic (exact) mass is 239 g/mol. The smallest absolute Gasteiger partial charge is 0.0932 e. The van der Waals surface area contributed by atoms with E-state index in [1.807, 2.05) is 11.3 Å². The fourth-order valence-corrected chi connectivity index (χ4v) is 3.25. The van der Waals surface area contributed by atoms with Gasteiger partial charge in [0.05, 0.1) is 10.7 Å². The first-order valence-corrected chi connectivity index (χ1v) is 6.94. The molecule has 0 saturated carbocycles. The molecular formula is C12H21N3S. The van der Waals surface area contributed by atoms with Gasteiger partial charge in [0, 0.05) is 36.9 Å². The Morgan fingerprint density at radius 2 is 2.31 bits per heavy atom. The summed E-state index contributed by atoms with van der Waals surface area (Å²) in [4.78, 5) is 8.72. The van der Waals surface area contributed by atoms with Crippen molar-refractivity contribution in [3.63, 3.8) is 0 Å². The number of thiazole rings is 1. The highest BCUT2D eigenvalue weighted by molar-refractivity contribution is 7.11. The molecule has 0 fully saturated rings. The van der Waals surface area contributed by atoms with E-state index in [1.54, 1.807) is 0 Å². The number of fused-ring (bicyclic) bond motifs is 1. The molecular weight excluding hydrogens is 218 g/mol. The first kappa shape index (κ1) is 12.0. The summed E-state index contributed by atoms with van der Waals surface area (Å²) in [6.07, 6.45) is 3.22. The van der Waals surface area contributed by atoms with Gasteiger partial charge in [-0.05, 0) is 26.8 Å². The van der Waals surface area contributed by atoms with E-state index in [4.69, 9.17) is 10.7 Å². The highest BCUT2D eigenvalue weighted by atomic mass is 32.1. The zero-order chi connectivity index (χ0) is 11.5. The maximum absolute atomic E-state index is 5.53. The normalized spacial score (nSPS) is 16.8. The summed E-state index contributed by atoms with van der Waals surface area (Å²) in [6.45, 7) is 7.54. The lowest BCUT2D eigenvalue weighted by molar-refractivity contribution is 0.205. The van der Waals surface area contributed by atoms with Crippen molar-refractivity contribution in [1.82, 2.24) is 9.88 Å². The molecule has 0 aliphatic carbocycles. The van der Waals surface area contributed by atoms with Crippen molar-refractivity contribution in [2.24, 2.45) is 5.73 Å². The minimum Gasteiger partial charge on any atom is -0.330 e. The van der Waals surface area contributed by atoms with Crippen molar-refractivity contribution in [2.75, 3.05) is 13.1 Å². The first-order valence-electron chi connectivity index (χ1n) is 6.12. The number of hydrogen-bond acceptors (Lipinski definition) is 4. The van der Waals surface area contributed by atoms with Gasteiger partial charge in [0.2, 0.25) is 0 Å². The molecule has 0 spiro atoms. The van der Waals surface area contributed by atoms with E-state index in [-0.39, 0.29) is 0 Å². The van der Waals surface area contributed by atoms with Crippen molar-refractivity contribution >= 4 is 11.3 Å². The average Bonchev–Trinajstić information content (AvgIpc) is 2.67. The summed E-state index contributed by atoms with van der Waals surface area (Å²) < 4.78 is 0. The quantitative estimate of drug-likeness (QED) is 0.871. The van der Waals surface area contributed by atoms with Crippen LogP contribution in [-0.4, -0.2) is 29.0 Å². The molecule has 4 heteroatoms. The Morgan fingerprint density at radius 1 is 1.50 bits per heavy atom. The van der Waals surface area contributed by atoms with Crippen molar-refractivity contribution in [2.45, 2.75) is 45.7 Å². The van der Waals surface area contributed by atoms with Crippen LogP contribution in [0.2, 0.25) is 0 Å². The lowest BCUT2D eigenvalue weighted by Crippen LogP contribution is -2.35. The number of aryl methyl sites for hydroxylation is 1. The van der Waals surface area contributed by atoms with Crippen molar-refractivity contribution in [1.29, 1.82) is 0 Å². The van der Waals surface area contributed by atoms with Gasteiger partial charge in [0.25, 0.3) is 0 Å². The van der Waals surface area contributed by atoms with Crippen LogP contribution in [0.4, 0.5) is 0 Å². The molecule has 3 nitrogen and oxygen atoms in total. The molecule has 1 aromatic heterocycles. The Balaban J connectivity index is 2.04. The predicted molar refractivity (Wildman–Crippen MR) is 68.7 cm³/mol. The van der Waals surface area contributed by atoms with E-state index in [2.05, 4.69) is 18.7 Å². The van der Waals surface area contributed by atoms with Gasteiger partial charge in [-0.3, -0.25) is 4.90 Å². The lowest BCUT2D eigenvalue weighted by atomic mass is 10.1. The molecule has 0 amide bonds. The van der Waals surface area contributed by atoms with E-state index in [1.165, 1.54) is 15.6 Å². The van der Waals surface area contributed by atoms with Crippen molar-refractivity contribution in [3.05, 3.63) is 15.6 Å². The van der Waals surface area contributed by atoms with Gasteiger partial charge in [-0.25, -0.2) is 4.98 Å². The van der Waals surface area contributed by atoms with Gasteiger partial charge in [-0.1, -0.05) is 0 Å². The van der Waals surface area contributed by atoms with E-state index < -0.39 is 0 Å². The largest absolute Gasteiger partial charge is 0.330 e. The van der Waals surface area contributed by atoms with Crippen LogP contribution in [0.15, 0.2) is 0 Å². The number of aromatic nitrogens is 1. The fourth-order valence-electron chi connectivity index (χ4n) is 2.07. The topological polar surface area (TPSA) is 42.2 Å². The number of nitrogens with zero attached hydrogens (tertiary/aromatic N) is 2. The molecule has 1 aliphatic rings. The predicted octanol–water partition coefficient (Wildman–Crippen LogP) is 1.80. The summed E-state index contributed by atoms with van der Waals surface area (Å²) in [5.74, 6) is 0. The third-order valence-corrected chi connectivity index (χ3v) is 4.27. The molecule has 2 heterocycles. The zero-order valence-corrected chi connectivity index (χ0v) is 11.0. The van der Waals surface area contributed by atoms with E-state index >= 15 is 0 Å². The summed E-state index contributed by atoms with van der Waals surface area (Å²) in [6, 6.07) is 0.641. The fraction of sp³-hybridized carbons (Fsp3) is 0.750. The molecule has 0 radical (unpaired) electrons. The summed E-state index contributed by atoms with van der Waals surface area (Å²) in [5.41, 5.74) is 6.87. The van der Waals surface area contributed by atoms with Crippen molar-refractivity contribution < 1.29 is 0 Å².